The molecule has 1 aromatic heterocycles. The molecular formula is C26H39FN2O. The Balaban J connectivity index is 1.84. The predicted octanol–water partition coefficient (Wildman–Crippen LogP) is 7.64. The van der Waals surface area contributed by atoms with Gasteiger partial charge in [-0.3, -0.25) is 0 Å². The Kier molecular flexibility index (Phi) is 10.8. The lowest BCUT2D eigenvalue weighted by Gasteiger charge is -2.12. The molecule has 0 radical (unpaired) electrons. The van der Waals surface area contributed by atoms with Crippen molar-refractivity contribution in [2.24, 2.45) is 11.8 Å². The lowest BCUT2D eigenvalue weighted by atomic mass is 9.95. The fourth-order valence-electron chi connectivity index (χ4n) is 3.63. The van der Waals surface area contributed by atoms with Crippen LogP contribution >= 0.6 is 0 Å². The van der Waals surface area contributed by atoms with Crippen LogP contribution in [0, 0.1) is 17.7 Å². The lowest BCUT2D eigenvalue weighted by molar-refractivity contribution is 0.290. The van der Waals surface area contributed by atoms with Gasteiger partial charge in [0.2, 0.25) is 0 Å². The second-order valence-corrected chi connectivity index (χ2v) is 8.96. The molecule has 2 rings (SSSR count). The SMILES string of the molecule is CCCCCCCOc1ccc(-c2ncc(CC(C)CCCC(C)C)cn2)cc1F. The van der Waals surface area contributed by atoms with Crippen molar-refractivity contribution in [3.05, 3.63) is 42.0 Å². The molecule has 166 valence electrons. The molecule has 0 saturated heterocycles. The van der Waals surface area contributed by atoms with Crippen molar-refractivity contribution >= 4 is 0 Å². The third-order valence-corrected chi connectivity index (χ3v) is 5.46. The zero-order valence-corrected chi connectivity index (χ0v) is 19.3. The molecule has 0 fully saturated rings. The van der Waals surface area contributed by atoms with E-state index in [4.69, 9.17) is 4.74 Å². The average molecular weight is 415 g/mol. The topological polar surface area (TPSA) is 35.0 Å². The normalized spacial score (nSPS) is 12.3. The molecule has 4 heteroatoms. The molecule has 1 unspecified atom stereocenters. The van der Waals surface area contributed by atoms with Crippen molar-refractivity contribution in [1.82, 2.24) is 9.97 Å². The van der Waals surface area contributed by atoms with Gasteiger partial charge in [0.05, 0.1) is 6.61 Å². The zero-order valence-electron chi connectivity index (χ0n) is 19.3. The summed E-state index contributed by atoms with van der Waals surface area (Å²) < 4.78 is 20.0. The van der Waals surface area contributed by atoms with Crippen LogP contribution in [0.25, 0.3) is 11.4 Å². The highest BCUT2D eigenvalue weighted by molar-refractivity contribution is 5.56. The van der Waals surface area contributed by atoms with Crippen molar-refractivity contribution in [2.75, 3.05) is 6.61 Å². The van der Waals surface area contributed by atoms with Gasteiger partial charge in [-0.05, 0) is 48.4 Å². The van der Waals surface area contributed by atoms with Crippen LogP contribution in [-0.2, 0) is 6.42 Å². The molecule has 1 aromatic carbocycles. The van der Waals surface area contributed by atoms with Crippen LogP contribution < -0.4 is 4.74 Å². The van der Waals surface area contributed by atoms with Gasteiger partial charge in [-0.15, -0.1) is 0 Å². The number of hydrogen-bond donors (Lipinski definition) is 0. The molecular weight excluding hydrogens is 375 g/mol. The van der Waals surface area contributed by atoms with Crippen LogP contribution in [0.1, 0.15) is 84.6 Å². The summed E-state index contributed by atoms with van der Waals surface area (Å²) in [5.74, 6) is 1.89. The van der Waals surface area contributed by atoms with Crippen molar-refractivity contribution in [3.8, 4) is 17.1 Å². The van der Waals surface area contributed by atoms with Crippen molar-refractivity contribution in [1.29, 1.82) is 0 Å². The Morgan fingerprint density at radius 1 is 0.933 bits per heavy atom. The minimum absolute atomic E-state index is 0.307. The Morgan fingerprint density at radius 2 is 1.67 bits per heavy atom. The first kappa shape index (κ1) is 24.3. The third-order valence-electron chi connectivity index (χ3n) is 5.46. The quantitative estimate of drug-likeness (QED) is 0.298. The fraction of sp³-hybridized carbons (Fsp3) is 0.615. The summed E-state index contributed by atoms with van der Waals surface area (Å²) in [5, 5.41) is 0. The maximum atomic E-state index is 14.4. The van der Waals surface area contributed by atoms with E-state index in [9.17, 15) is 4.39 Å². The molecule has 1 heterocycles. The maximum absolute atomic E-state index is 14.4. The number of rotatable bonds is 14. The molecule has 2 aromatic rings. The highest BCUT2D eigenvalue weighted by Gasteiger charge is 2.10. The number of ether oxygens (including phenoxy) is 1. The summed E-state index contributed by atoms with van der Waals surface area (Å²) in [5.41, 5.74) is 1.82. The van der Waals surface area contributed by atoms with E-state index in [1.807, 2.05) is 18.5 Å². The number of aromatic nitrogens is 2. The Labute approximate surface area is 182 Å². The van der Waals surface area contributed by atoms with E-state index < -0.39 is 0 Å². The van der Waals surface area contributed by atoms with Crippen molar-refractivity contribution in [2.45, 2.75) is 85.5 Å². The number of unbranched alkanes of at least 4 members (excludes halogenated alkanes) is 4. The Hall–Kier alpha value is -1.97. The van der Waals surface area contributed by atoms with E-state index in [2.05, 4.69) is 37.7 Å². The van der Waals surface area contributed by atoms with E-state index in [1.165, 1.54) is 44.6 Å². The molecule has 0 spiro atoms. The van der Waals surface area contributed by atoms with Crippen molar-refractivity contribution in [3.63, 3.8) is 0 Å². The van der Waals surface area contributed by atoms with E-state index >= 15 is 0 Å². The minimum atomic E-state index is -0.354. The van der Waals surface area contributed by atoms with Gasteiger partial charge in [0.1, 0.15) is 0 Å². The molecule has 0 saturated carbocycles. The molecule has 1 atom stereocenters. The predicted molar refractivity (Wildman–Crippen MR) is 123 cm³/mol. The summed E-state index contributed by atoms with van der Waals surface area (Å²) in [4.78, 5) is 8.93. The summed E-state index contributed by atoms with van der Waals surface area (Å²) in [6.07, 6.45) is 14.3. The van der Waals surface area contributed by atoms with Gasteiger partial charge in [-0.1, -0.05) is 72.6 Å². The Morgan fingerprint density at radius 3 is 2.33 bits per heavy atom. The van der Waals surface area contributed by atoms with Crippen LogP contribution in [0.2, 0.25) is 0 Å². The smallest absolute Gasteiger partial charge is 0.165 e. The largest absolute Gasteiger partial charge is 0.491 e. The first-order chi connectivity index (χ1) is 14.5. The number of halogens is 1. The number of nitrogens with zero attached hydrogens (tertiary/aromatic N) is 2. The van der Waals surface area contributed by atoms with Gasteiger partial charge in [-0.25, -0.2) is 14.4 Å². The van der Waals surface area contributed by atoms with Crippen LogP contribution in [0.3, 0.4) is 0 Å². The van der Waals surface area contributed by atoms with Gasteiger partial charge in [0, 0.05) is 18.0 Å². The molecule has 30 heavy (non-hydrogen) atoms. The number of hydrogen-bond acceptors (Lipinski definition) is 3. The second-order valence-electron chi connectivity index (χ2n) is 8.96. The molecule has 0 aliphatic rings. The lowest BCUT2D eigenvalue weighted by Crippen LogP contribution is -2.03. The molecule has 0 amide bonds. The highest BCUT2D eigenvalue weighted by atomic mass is 19.1. The summed E-state index contributed by atoms with van der Waals surface area (Å²) in [6.45, 7) is 9.58. The Bertz CT molecular complexity index is 730. The minimum Gasteiger partial charge on any atom is -0.491 e. The molecule has 0 bridgehead atoms. The van der Waals surface area contributed by atoms with Crippen LogP contribution in [-0.4, -0.2) is 16.6 Å². The van der Waals surface area contributed by atoms with Crippen molar-refractivity contribution < 1.29 is 9.13 Å². The monoisotopic (exact) mass is 414 g/mol. The van der Waals surface area contributed by atoms with Gasteiger partial charge in [0.15, 0.2) is 17.4 Å². The van der Waals surface area contributed by atoms with Gasteiger partial charge in [0.25, 0.3) is 0 Å². The second kappa shape index (κ2) is 13.4. The summed E-state index contributed by atoms with van der Waals surface area (Å²) in [6, 6.07) is 4.99. The van der Waals surface area contributed by atoms with Crippen LogP contribution in [0.5, 0.6) is 5.75 Å². The van der Waals surface area contributed by atoms with Gasteiger partial charge >= 0.3 is 0 Å². The number of benzene rings is 1. The summed E-state index contributed by atoms with van der Waals surface area (Å²) >= 11 is 0. The van der Waals surface area contributed by atoms with E-state index in [0.717, 1.165) is 30.7 Å². The molecule has 3 nitrogen and oxygen atoms in total. The van der Waals surface area contributed by atoms with Gasteiger partial charge in [-0.2, -0.15) is 0 Å². The maximum Gasteiger partial charge on any atom is 0.165 e. The van der Waals surface area contributed by atoms with E-state index in [1.54, 1.807) is 6.07 Å². The molecule has 0 N–H and O–H groups in total. The van der Waals surface area contributed by atoms with E-state index in [-0.39, 0.29) is 5.82 Å². The molecule has 0 aliphatic carbocycles. The molecule has 0 aliphatic heterocycles. The third kappa shape index (κ3) is 8.81. The first-order valence-electron chi connectivity index (χ1n) is 11.7. The van der Waals surface area contributed by atoms with Crippen LogP contribution in [0.4, 0.5) is 4.39 Å². The van der Waals surface area contributed by atoms with E-state index in [0.29, 0.717) is 29.7 Å². The van der Waals surface area contributed by atoms with Gasteiger partial charge < -0.3 is 4.74 Å². The first-order valence-corrected chi connectivity index (χ1v) is 11.7. The zero-order chi connectivity index (χ0) is 21.8. The standard InChI is InChI=1S/C26H39FN2O/c1-5-6-7-8-9-15-30-25-14-13-23(17-24(25)27)26-28-18-22(19-29-26)16-21(4)12-10-11-20(2)3/h13-14,17-21H,5-12,15-16H2,1-4H3. The van der Waals surface area contributed by atoms with Crippen LogP contribution in [0.15, 0.2) is 30.6 Å². The fourth-order valence-corrected chi connectivity index (χ4v) is 3.63. The average Bonchev–Trinajstić information content (AvgIpc) is 2.72. The highest BCUT2D eigenvalue weighted by Crippen LogP contribution is 2.24. The summed E-state index contributed by atoms with van der Waals surface area (Å²) in [7, 11) is 0.